The molecule has 0 spiro atoms. The summed E-state index contributed by atoms with van der Waals surface area (Å²) in [5.41, 5.74) is 1.17. The molecule has 3 saturated carbocycles. The van der Waals surface area contributed by atoms with Gasteiger partial charge in [0.15, 0.2) is 0 Å². The summed E-state index contributed by atoms with van der Waals surface area (Å²) >= 11 is 0. The molecule has 158 valence electrons. The van der Waals surface area contributed by atoms with Gasteiger partial charge in [-0.3, -0.25) is 4.79 Å². The van der Waals surface area contributed by atoms with Gasteiger partial charge in [-0.15, -0.1) is 5.10 Å². The van der Waals surface area contributed by atoms with Crippen LogP contribution in [-0.2, 0) is 11.3 Å². The summed E-state index contributed by atoms with van der Waals surface area (Å²) < 4.78 is 42.5. The van der Waals surface area contributed by atoms with E-state index in [4.69, 9.17) is 0 Å². The van der Waals surface area contributed by atoms with Crippen LogP contribution in [0.25, 0.3) is 11.0 Å². The zero-order chi connectivity index (χ0) is 21.4. The molecule has 0 radical (unpaired) electrons. The van der Waals surface area contributed by atoms with E-state index in [1.165, 1.54) is 29.3 Å². The summed E-state index contributed by atoms with van der Waals surface area (Å²) in [5, 5.41) is 13.8. The maximum atomic E-state index is 13.7. The van der Waals surface area contributed by atoms with Crippen LogP contribution in [0.3, 0.4) is 0 Å². The van der Waals surface area contributed by atoms with Gasteiger partial charge in [0.25, 0.3) is 0 Å². The molecule has 1 aliphatic heterocycles. The minimum absolute atomic E-state index is 0.0332. The molecule has 0 saturated heterocycles. The normalized spacial score (nSPS) is 28.6. The number of hydrogen-bond acceptors (Lipinski definition) is 4. The lowest BCUT2D eigenvalue weighted by molar-refractivity contribution is -0.223. The van der Waals surface area contributed by atoms with Crippen LogP contribution in [0, 0.1) is 28.3 Å². The predicted octanol–water partition coefficient (Wildman–Crippen LogP) is 3.98. The topological polar surface area (TPSA) is 63.4 Å². The Morgan fingerprint density at radius 1 is 1.03 bits per heavy atom. The molecule has 3 aliphatic carbocycles. The van der Waals surface area contributed by atoms with Crippen LogP contribution in [0.15, 0.2) is 41.5 Å². The van der Waals surface area contributed by atoms with Crippen LogP contribution in [0.4, 0.5) is 13.2 Å². The van der Waals surface area contributed by atoms with E-state index in [9.17, 15) is 18.0 Å². The van der Waals surface area contributed by atoms with Gasteiger partial charge in [-0.2, -0.15) is 5.10 Å². The smallest absolute Gasteiger partial charge is 0.249 e. The SMILES string of the molecule is O=C(N1N=CCC1c1cc(F)cc(F)c1)C12CC(Cn3nnc4cc(F)ccc43)(C1)C2. The number of halogens is 3. The van der Waals surface area contributed by atoms with E-state index in [0.29, 0.717) is 43.3 Å². The lowest BCUT2D eigenvalue weighted by atomic mass is 9.34. The molecule has 3 aromatic rings. The Kier molecular flexibility index (Phi) is 3.68. The van der Waals surface area contributed by atoms with Gasteiger partial charge in [-0.05, 0) is 54.5 Å². The summed E-state index contributed by atoms with van der Waals surface area (Å²) in [7, 11) is 0. The van der Waals surface area contributed by atoms with Crippen LogP contribution < -0.4 is 0 Å². The maximum absolute atomic E-state index is 13.7. The second-order valence-electron chi connectivity index (χ2n) is 9.09. The number of nitrogens with zero attached hydrogens (tertiary/aromatic N) is 5. The first-order chi connectivity index (χ1) is 14.9. The van der Waals surface area contributed by atoms with Crippen molar-refractivity contribution in [1.29, 1.82) is 0 Å². The van der Waals surface area contributed by atoms with Gasteiger partial charge in [-0.25, -0.2) is 22.9 Å². The molecule has 3 fully saturated rings. The third-order valence-electron chi connectivity index (χ3n) is 6.86. The van der Waals surface area contributed by atoms with Gasteiger partial charge in [0.05, 0.1) is 17.0 Å². The summed E-state index contributed by atoms with van der Waals surface area (Å²) in [6.45, 7) is 0.617. The number of hydrazone groups is 1. The van der Waals surface area contributed by atoms with Crippen molar-refractivity contribution >= 4 is 23.2 Å². The lowest BCUT2D eigenvalue weighted by Gasteiger charge is -2.69. The van der Waals surface area contributed by atoms with Crippen molar-refractivity contribution in [3.8, 4) is 0 Å². The van der Waals surface area contributed by atoms with Crippen LogP contribution in [0.5, 0.6) is 0 Å². The first kappa shape index (κ1) is 18.5. The standard InChI is InChI=1S/C22H18F3N5O/c23-14-1-2-19-17(8-14)27-28-29(19)12-21-9-22(10-21,11-21)20(31)30-18(3-4-26-30)13-5-15(24)7-16(25)6-13/h1-2,4-8,18H,3,9-12H2. The third kappa shape index (κ3) is 2.72. The monoisotopic (exact) mass is 425 g/mol. The molecular formula is C22H18F3N5O. The highest BCUT2D eigenvalue weighted by Crippen LogP contribution is 2.74. The minimum atomic E-state index is -0.668. The molecule has 9 heteroatoms. The largest absolute Gasteiger partial charge is 0.272 e. The highest BCUT2D eigenvalue weighted by atomic mass is 19.1. The molecule has 1 amide bonds. The first-order valence-corrected chi connectivity index (χ1v) is 10.2. The number of benzene rings is 2. The molecule has 1 aromatic heterocycles. The molecular weight excluding hydrogens is 407 g/mol. The summed E-state index contributed by atoms with van der Waals surface area (Å²) in [6.07, 6.45) is 4.16. The molecule has 0 N–H and O–H groups in total. The van der Waals surface area contributed by atoms with E-state index in [1.54, 1.807) is 17.0 Å². The van der Waals surface area contributed by atoms with Crippen molar-refractivity contribution in [2.24, 2.45) is 15.9 Å². The molecule has 31 heavy (non-hydrogen) atoms. The zero-order valence-corrected chi connectivity index (χ0v) is 16.4. The Balaban J connectivity index is 1.18. The second kappa shape index (κ2) is 6.15. The lowest BCUT2D eigenvalue weighted by Crippen LogP contribution is -2.68. The highest BCUT2D eigenvalue weighted by molar-refractivity contribution is 5.88. The van der Waals surface area contributed by atoms with Crippen molar-refractivity contribution in [2.75, 3.05) is 0 Å². The van der Waals surface area contributed by atoms with Crippen molar-refractivity contribution in [3.63, 3.8) is 0 Å². The van der Waals surface area contributed by atoms with E-state index in [0.717, 1.165) is 11.6 Å². The number of aromatic nitrogens is 3. The quantitative estimate of drug-likeness (QED) is 0.635. The van der Waals surface area contributed by atoms with E-state index in [2.05, 4.69) is 15.4 Å². The predicted molar refractivity (Wildman–Crippen MR) is 105 cm³/mol. The fraction of sp³-hybridized carbons (Fsp3) is 0.364. The number of carbonyl (C=O) groups is 1. The van der Waals surface area contributed by atoms with E-state index >= 15 is 0 Å². The molecule has 6 nitrogen and oxygen atoms in total. The molecule has 1 unspecified atom stereocenters. The van der Waals surface area contributed by atoms with Crippen LogP contribution in [-0.4, -0.2) is 32.1 Å². The number of fused-ring (bicyclic) bond motifs is 1. The number of rotatable bonds is 4. The number of amides is 1. The Morgan fingerprint density at radius 3 is 2.52 bits per heavy atom. The molecule has 2 heterocycles. The summed E-state index contributed by atoms with van der Waals surface area (Å²) in [5.74, 6) is -1.78. The fourth-order valence-corrected chi connectivity index (χ4v) is 5.67. The van der Waals surface area contributed by atoms with E-state index in [-0.39, 0.29) is 17.1 Å². The van der Waals surface area contributed by atoms with E-state index in [1.807, 2.05) is 0 Å². The van der Waals surface area contributed by atoms with Crippen LogP contribution in [0.1, 0.15) is 37.3 Å². The van der Waals surface area contributed by atoms with Crippen molar-refractivity contribution in [3.05, 3.63) is 59.4 Å². The average Bonchev–Trinajstić information content (AvgIpc) is 3.29. The third-order valence-corrected chi connectivity index (χ3v) is 6.86. The molecule has 7 rings (SSSR count). The Hall–Kier alpha value is -3.23. The number of carbonyl (C=O) groups excluding carboxylic acids is 1. The highest BCUT2D eigenvalue weighted by Gasteiger charge is 2.72. The second-order valence-corrected chi connectivity index (χ2v) is 9.09. The van der Waals surface area contributed by atoms with Crippen LogP contribution >= 0.6 is 0 Å². The Labute approximate surface area is 175 Å². The van der Waals surface area contributed by atoms with Crippen molar-refractivity contribution < 1.29 is 18.0 Å². The van der Waals surface area contributed by atoms with Gasteiger partial charge >= 0.3 is 0 Å². The summed E-state index contributed by atoms with van der Waals surface area (Å²) in [4.78, 5) is 13.3. The fourth-order valence-electron chi connectivity index (χ4n) is 5.67. The summed E-state index contributed by atoms with van der Waals surface area (Å²) in [6, 6.07) is 7.24. The molecule has 4 aliphatic rings. The van der Waals surface area contributed by atoms with Gasteiger partial charge < -0.3 is 0 Å². The van der Waals surface area contributed by atoms with Crippen LogP contribution in [0.2, 0.25) is 0 Å². The number of hydrogen-bond donors (Lipinski definition) is 0. The maximum Gasteiger partial charge on any atom is 0.249 e. The van der Waals surface area contributed by atoms with E-state index < -0.39 is 23.1 Å². The Morgan fingerprint density at radius 2 is 1.77 bits per heavy atom. The minimum Gasteiger partial charge on any atom is -0.272 e. The van der Waals surface area contributed by atoms with Gasteiger partial charge in [0.1, 0.15) is 23.0 Å². The van der Waals surface area contributed by atoms with Gasteiger partial charge in [0.2, 0.25) is 5.91 Å². The Bertz CT molecular complexity index is 1230. The zero-order valence-electron chi connectivity index (χ0n) is 16.4. The first-order valence-electron chi connectivity index (χ1n) is 10.2. The molecule has 2 aromatic carbocycles. The van der Waals surface area contributed by atoms with Crippen molar-refractivity contribution in [2.45, 2.75) is 38.3 Å². The van der Waals surface area contributed by atoms with Gasteiger partial charge in [-0.1, -0.05) is 5.21 Å². The average molecular weight is 425 g/mol. The molecule has 1 atom stereocenters. The molecule has 2 bridgehead atoms. The van der Waals surface area contributed by atoms with Gasteiger partial charge in [0, 0.05) is 31.3 Å². The van der Waals surface area contributed by atoms with Crippen molar-refractivity contribution in [1.82, 2.24) is 20.0 Å².